The highest BCUT2D eigenvalue weighted by Crippen LogP contribution is 2.25. The molecule has 2 aromatic rings. The van der Waals surface area contributed by atoms with Crippen LogP contribution in [0.2, 0.25) is 0 Å². The first-order valence-corrected chi connectivity index (χ1v) is 6.53. The Labute approximate surface area is 118 Å². The molecule has 0 aliphatic heterocycles. The third kappa shape index (κ3) is 3.63. The molecule has 0 radical (unpaired) electrons. The zero-order valence-electron chi connectivity index (χ0n) is 11.6. The molecule has 106 valence electrons. The summed E-state index contributed by atoms with van der Waals surface area (Å²) in [5.41, 5.74) is 1.61. The fourth-order valence-electron chi connectivity index (χ4n) is 1.83. The minimum absolute atomic E-state index is 0.0871. The summed E-state index contributed by atoms with van der Waals surface area (Å²) in [5, 5.41) is 12.4. The van der Waals surface area contributed by atoms with Crippen molar-refractivity contribution < 1.29 is 14.2 Å². The van der Waals surface area contributed by atoms with Crippen LogP contribution >= 0.6 is 0 Å². The fraction of sp³-hybridized carbons (Fsp3) is 0.250. The molecule has 0 bridgehead atoms. The van der Waals surface area contributed by atoms with Crippen LogP contribution in [0.15, 0.2) is 42.5 Å². The molecule has 0 aromatic heterocycles. The zero-order chi connectivity index (χ0) is 14.5. The van der Waals surface area contributed by atoms with Crippen LogP contribution in [0.5, 0.6) is 11.5 Å². The Hall–Kier alpha value is -2.23. The monoisotopic (exact) mass is 275 g/mol. The van der Waals surface area contributed by atoms with Crippen LogP contribution in [0.1, 0.15) is 19.4 Å². The average molecular weight is 275 g/mol. The molecule has 3 nitrogen and oxygen atoms in total. The largest absolute Gasteiger partial charge is 0.505 e. The molecule has 0 atom stereocenters. The van der Waals surface area contributed by atoms with Gasteiger partial charge >= 0.3 is 0 Å². The molecule has 0 saturated heterocycles. The van der Waals surface area contributed by atoms with Crippen molar-refractivity contribution in [3.63, 3.8) is 0 Å². The maximum Gasteiger partial charge on any atom is 0.165 e. The summed E-state index contributed by atoms with van der Waals surface area (Å²) in [6, 6.07) is 12.0. The number of hydrogen-bond acceptors (Lipinski definition) is 3. The number of anilines is 1. The zero-order valence-corrected chi connectivity index (χ0v) is 11.6. The van der Waals surface area contributed by atoms with Crippen molar-refractivity contribution in [1.82, 2.24) is 0 Å². The van der Waals surface area contributed by atoms with E-state index in [1.54, 1.807) is 6.07 Å². The molecule has 0 aliphatic carbocycles. The summed E-state index contributed by atoms with van der Waals surface area (Å²) in [7, 11) is 0. The molecule has 0 amide bonds. The minimum Gasteiger partial charge on any atom is -0.505 e. The molecule has 0 saturated carbocycles. The second-order valence-electron chi connectivity index (χ2n) is 4.80. The highest BCUT2D eigenvalue weighted by Gasteiger charge is 2.06. The van der Waals surface area contributed by atoms with Gasteiger partial charge in [0.15, 0.2) is 11.6 Å². The summed E-state index contributed by atoms with van der Waals surface area (Å²) in [6.07, 6.45) is 0.0871. The van der Waals surface area contributed by atoms with E-state index in [9.17, 15) is 4.39 Å². The van der Waals surface area contributed by atoms with Gasteiger partial charge in [0.25, 0.3) is 0 Å². The van der Waals surface area contributed by atoms with Crippen molar-refractivity contribution in [3.05, 3.63) is 53.8 Å². The number of nitrogens with one attached hydrogen (secondary N) is 1. The van der Waals surface area contributed by atoms with E-state index >= 15 is 0 Å². The van der Waals surface area contributed by atoms with E-state index in [2.05, 4.69) is 5.32 Å². The number of ether oxygens (including phenoxy) is 1. The van der Waals surface area contributed by atoms with Crippen molar-refractivity contribution in [1.29, 1.82) is 0 Å². The Bertz CT molecular complexity index is 584. The van der Waals surface area contributed by atoms with Crippen LogP contribution in [0, 0.1) is 5.82 Å². The van der Waals surface area contributed by atoms with E-state index in [-0.39, 0.29) is 11.9 Å². The Morgan fingerprint density at radius 1 is 1.20 bits per heavy atom. The molecular formula is C16H18FNO2. The molecule has 2 aromatic carbocycles. The summed E-state index contributed by atoms with van der Waals surface area (Å²) < 4.78 is 19.0. The van der Waals surface area contributed by atoms with Crippen LogP contribution in [0.4, 0.5) is 10.1 Å². The van der Waals surface area contributed by atoms with E-state index in [4.69, 9.17) is 9.84 Å². The van der Waals surface area contributed by atoms with Crippen LogP contribution in [-0.2, 0) is 6.54 Å². The van der Waals surface area contributed by atoms with Gasteiger partial charge in [-0.15, -0.1) is 0 Å². The summed E-state index contributed by atoms with van der Waals surface area (Å²) >= 11 is 0. The Balaban J connectivity index is 2.08. The molecule has 0 heterocycles. The van der Waals surface area contributed by atoms with E-state index in [0.29, 0.717) is 6.54 Å². The average Bonchev–Trinajstić information content (AvgIpc) is 2.41. The number of benzene rings is 2. The first kappa shape index (κ1) is 14.2. The van der Waals surface area contributed by atoms with E-state index in [1.807, 2.05) is 38.1 Å². The maximum absolute atomic E-state index is 13.3. The molecule has 20 heavy (non-hydrogen) atoms. The number of phenolic OH excluding ortho intramolecular Hbond substituents is 1. The molecule has 4 heteroatoms. The van der Waals surface area contributed by atoms with Gasteiger partial charge in [-0.1, -0.05) is 18.2 Å². The van der Waals surface area contributed by atoms with Crippen LogP contribution < -0.4 is 10.1 Å². The van der Waals surface area contributed by atoms with E-state index in [0.717, 1.165) is 17.0 Å². The Kier molecular flexibility index (Phi) is 4.45. The van der Waals surface area contributed by atoms with Gasteiger partial charge in [0.05, 0.1) is 11.8 Å². The van der Waals surface area contributed by atoms with Gasteiger partial charge in [-0.25, -0.2) is 4.39 Å². The second-order valence-corrected chi connectivity index (χ2v) is 4.80. The number of rotatable bonds is 5. The van der Waals surface area contributed by atoms with Crippen molar-refractivity contribution >= 4 is 5.69 Å². The van der Waals surface area contributed by atoms with E-state index in [1.165, 1.54) is 12.1 Å². The molecule has 0 spiro atoms. The lowest BCUT2D eigenvalue weighted by molar-refractivity contribution is 0.243. The van der Waals surface area contributed by atoms with Crippen LogP contribution in [0.25, 0.3) is 0 Å². The highest BCUT2D eigenvalue weighted by molar-refractivity contribution is 5.56. The smallest absolute Gasteiger partial charge is 0.165 e. The third-order valence-corrected chi connectivity index (χ3v) is 2.74. The summed E-state index contributed by atoms with van der Waals surface area (Å²) in [6.45, 7) is 4.38. The normalized spacial score (nSPS) is 10.6. The van der Waals surface area contributed by atoms with Crippen LogP contribution in [0.3, 0.4) is 0 Å². The van der Waals surface area contributed by atoms with Crippen molar-refractivity contribution in [2.24, 2.45) is 0 Å². The standard InChI is InChI=1S/C16H18FNO2/c1-11(2)20-16-6-4-3-5-14(16)18-10-12-7-8-15(19)13(17)9-12/h3-9,11,18-19H,10H2,1-2H3. The van der Waals surface area contributed by atoms with Crippen molar-refractivity contribution in [2.75, 3.05) is 5.32 Å². The quantitative estimate of drug-likeness (QED) is 0.868. The molecule has 0 unspecified atom stereocenters. The van der Waals surface area contributed by atoms with Gasteiger partial charge in [0.1, 0.15) is 5.75 Å². The first-order chi connectivity index (χ1) is 9.56. The molecule has 0 fully saturated rings. The molecule has 2 N–H and O–H groups in total. The van der Waals surface area contributed by atoms with Crippen molar-refractivity contribution in [3.8, 4) is 11.5 Å². The maximum atomic E-state index is 13.3. The van der Waals surface area contributed by atoms with Gasteiger partial charge in [-0.3, -0.25) is 0 Å². The second kappa shape index (κ2) is 6.28. The number of hydrogen-bond donors (Lipinski definition) is 2. The lowest BCUT2D eigenvalue weighted by Crippen LogP contribution is -2.08. The Morgan fingerprint density at radius 2 is 1.95 bits per heavy atom. The van der Waals surface area contributed by atoms with Gasteiger partial charge in [-0.05, 0) is 43.7 Å². The third-order valence-electron chi connectivity index (χ3n) is 2.74. The predicted octanol–water partition coefficient (Wildman–Crippen LogP) is 3.93. The first-order valence-electron chi connectivity index (χ1n) is 6.53. The van der Waals surface area contributed by atoms with Gasteiger partial charge in [0.2, 0.25) is 0 Å². The molecule has 0 aliphatic rings. The van der Waals surface area contributed by atoms with Crippen molar-refractivity contribution in [2.45, 2.75) is 26.5 Å². The summed E-state index contributed by atoms with van der Waals surface area (Å²) in [5.74, 6) is -0.185. The topological polar surface area (TPSA) is 41.5 Å². The lowest BCUT2D eigenvalue weighted by atomic mass is 10.2. The van der Waals surface area contributed by atoms with Crippen LogP contribution in [-0.4, -0.2) is 11.2 Å². The Morgan fingerprint density at radius 3 is 2.65 bits per heavy atom. The number of phenols is 1. The number of aromatic hydroxyl groups is 1. The highest BCUT2D eigenvalue weighted by atomic mass is 19.1. The van der Waals surface area contributed by atoms with Gasteiger partial charge in [-0.2, -0.15) is 0 Å². The fourth-order valence-corrected chi connectivity index (χ4v) is 1.83. The number of para-hydroxylation sites is 2. The predicted molar refractivity (Wildman–Crippen MR) is 77.6 cm³/mol. The molecule has 2 rings (SSSR count). The van der Waals surface area contributed by atoms with E-state index < -0.39 is 5.82 Å². The lowest BCUT2D eigenvalue weighted by Gasteiger charge is -2.15. The van der Waals surface area contributed by atoms with Gasteiger partial charge in [0, 0.05) is 6.54 Å². The van der Waals surface area contributed by atoms with Gasteiger partial charge < -0.3 is 15.2 Å². The minimum atomic E-state index is -0.615. The number of halogens is 1. The summed E-state index contributed by atoms with van der Waals surface area (Å²) in [4.78, 5) is 0. The SMILES string of the molecule is CC(C)Oc1ccccc1NCc1ccc(O)c(F)c1. The molecular weight excluding hydrogens is 257 g/mol.